The fraction of sp³-hybridized carbons (Fsp3) is 0.138. The van der Waals surface area contributed by atoms with Gasteiger partial charge in [0.05, 0.1) is 13.7 Å². The monoisotopic (exact) mass is 448 g/mol. The highest BCUT2D eigenvalue weighted by molar-refractivity contribution is 5.95. The van der Waals surface area contributed by atoms with Crippen LogP contribution in [0, 0.1) is 11.8 Å². The van der Waals surface area contributed by atoms with Crippen molar-refractivity contribution in [1.29, 1.82) is 0 Å². The summed E-state index contributed by atoms with van der Waals surface area (Å²) in [6, 6.07) is 23.2. The Morgan fingerprint density at radius 1 is 0.941 bits per heavy atom. The van der Waals surface area contributed by atoms with E-state index in [0.29, 0.717) is 23.4 Å². The highest BCUT2D eigenvalue weighted by Crippen LogP contribution is 2.33. The number of rotatable bonds is 6. The van der Waals surface area contributed by atoms with Crippen molar-refractivity contribution in [2.24, 2.45) is 0 Å². The number of esters is 1. The molecule has 0 radical (unpaired) electrons. The SMILES string of the molecule is CCOC(=O)c1cc(Cc2ccccc2)nc(-c2ccc(C#Cc3cccnc3)cc2)c1OC. The molecule has 0 fully saturated rings. The summed E-state index contributed by atoms with van der Waals surface area (Å²) in [6.07, 6.45) is 4.03. The lowest BCUT2D eigenvalue weighted by molar-refractivity contribution is 0.0522. The van der Waals surface area contributed by atoms with Crippen molar-refractivity contribution in [2.45, 2.75) is 13.3 Å². The number of methoxy groups -OCH3 is 1. The van der Waals surface area contributed by atoms with Crippen molar-refractivity contribution in [2.75, 3.05) is 13.7 Å². The molecule has 0 unspecified atom stereocenters. The minimum absolute atomic E-state index is 0.276. The molecule has 0 N–H and O–H groups in total. The Hall–Kier alpha value is -4.43. The average molecular weight is 449 g/mol. The predicted octanol–water partition coefficient (Wildman–Crippen LogP) is 5.32. The molecule has 4 rings (SSSR count). The number of hydrogen-bond acceptors (Lipinski definition) is 5. The first kappa shape index (κ1) is 22.8. The van der Waals surface area contributed by atoms with Crippen molar-refractivity contribution in [1.82, 2.24) is 9.97 Å². The first-order valence-electron chi connectivity index (χ1n) is 11.0. The van der Waals surface area contributed by atoms with E-state index in [1.54, 1.807) is 25.4 Å². The molecule has 2 aromatic carbocycles. The van der Waals surface area contributed by atoms with Gasteiger partial charge in [-0.15, -0.1) is 0 Å². The molecule has 2 heterocycles. The molecule has 5 nitrogen and oxygen atoms in total. The molecule has 5 heteroatoms. The lowest BCUT2D eigenvalue weighted by atomic mass is 10.0. The van der Waals surface area contributed by atoms with Crippen LogP contribution in [0.4, 0.5) is 0 Å². The van der Waals surface area contributed by atoms with Crippen LogP contribution < -0.4 is 4.74 Å². The Balaban J connectivity index is 1.73. The number of nitrogens with zero attached hydrogens (tertiary/aromatic N) is 2. The van der Waals surface area contributed by atoms with Crippen molar-refractivity contribution in [3.63, 3.8) is 0 Å². The van der Waals surface area contributed by atoms with Gasteiger partial charge in [0.1, 0.15) is 11.3 Å². The standard InChI is InChI=1S/C29H24N2O3/c1-3-34-29(32)26-19-25(18-22-8-5-4-6-9-22)31-27(28(26)33-2)24-15-13-21(14-16-24)11-12-23-10-7-17-30-20-23/h4-10,13-17,19-20H,3,18H2,1-2H3. The topological polar surface area (TPSA) is 61.3 Å². The highest BCUT2D eigenvalue weighted by Gasteiger charge is 2.21. The van der Waals surface area contributed by atoms with Gasteiger partial charge in [-0.1, -0.05) is 54.3 Å². The van der Waals surface area contributed by atoms with E-state index >= 15 is 0 Å². The molecule has 2 aromatic heterocycles. The second-order valence-corrected chi connectivity index (χ2v) is 7.49. The summed E-state index contributed by atoms with van der Waals surface area (Å²) in [7, 11) is 1.54. The molecule has 0 aliphatic carbocycles. The lowest BCUT2D eigenvalue weighted by Crippen LogP contribution is -2.10. The van der Waals surface area contributed by atoms with Crippen LogP contribution in [0.15, 0.2) is 85.2 Å². The quantitative estimate of drug-likeness (QED) is 0.295. The zero-order chi connectivity index (χ0) is 23.8. The van der Waals surface area contributed by atoms with E-state index in [9.17, 15) is 4.79 Å². The van der Waals surface area contributed by atoms with Crippen LogP contribution in [0.5, 0.6) is 5.75 Å². The third-order valence-electron chi connectivity index (χ3n) is 5.12. The Morgan fingerprint density at radius 3 is 2.38 bits per heavy atom. The summed E-state index contributed by atoms with van der Waals surface area (Å²) in [5.41, 5.74) is 5.34. The Labute approximate surface area is 199 Å². The molecule has 168 valence electrons. The minimum atomic E-state index is -0.434. The lowest BCUT2D eigenvalue weighted by Gasteiger charge is -2.15. The summed E-state index contributed by atoms with van der Waals surface area (Å²) >= 11 is 0. The molecule has 0 amide bonds. The molecule has 34 heavy (non-hydrogen) atoms. The number of carbonyl (C=O) groups excluding carboxylic acids is 1. The Kier molecular flexibility index (Phi) is 7.32. The van der Waals surface area contributed by atoms with Gasteiger partial charge in [0.2, 0.25) is 0 Å². The fourth-order valence-corrected chi connectivity index (χ4v) is 3.54. The normalized spacial score (nSPS) is 10.2. The van der Waals surface area contributed by atoms with Gasteiger partial charge in [-0.05, 0) is 42.8 Å². The summed E-state index contributed by atoms with van der Waals surface area (Å²) in [5.74, 6) is 6.21. The van der Waals surface area contributed by atoms with E-state index in [2.05, 4.69) is 16.8 Å². The van der Waals surface area contributed by atoms with Gasteiger partial charge in [-0.2, -0.15) is 0 Å². The number of aromatic nitrogens is 2. The van der Waals surface area contributed by atoms with Crippen LogP contribution in [0.3, 0.4) is 0 Å². The van der Waals surface area contributed by atoms with E-state index in [1.165, 1.54) is 7.11 Å². The molecular weight excluding hydrogens is 424 g/mol. The highest BCUT2D eigenvalue weighted by atomic mass is 16.5. The number of hydrogen-bond donors (Lipinski definition) is 0. The molecule has 0 atom stereocenters. The van der Waals surface area contributed by atoms with E-state index in [-0.39, 0.29) is 6.61 Å². The minimum Gasteiger partial charge on any atom is -0.494 e. The van der Waals surface area contributed by atoms with Crippen molar-refractivity contribution >= 4 is 5.97 Å². The van der Waals surface area contributed by atoms with Gasteiger partial charge >= 0.3 is 5.97 Å². The molecule has 4 aromatic rings. The molecule has 0 aliphatic rings. The number of carbonyl (C=O) groups is 1. The van der Waals surface area contributed by atoms with Crippen molar-refractivity contribution in [3.8, 4) is 28.8 Å². The molecule has 0 saturated heterocycles. The van der Waals surface area contributed by atoms with Crippen LogP contribution in [0.2, 0.25) is 0 Å². The number of benzene rings is 2. The second kappa shape index (κ2) is 10.9. The van der Waals surface area contributed by atoms with Gasteiger partial charge in [0.25, 0.3) is 0 Å². The van der Waals surface area contributed by atoms with Crippen molar-refractivity contribution in [3.05, 3.63) is 113 Å². The van der Waals surface area contributed by atoms with E-state index in [1.807, 2.05) is 66.7 Å². The van der Waals surface area contributed by atoms with Gasteiger partial charge in [0.15, 0.2) is 5.75 Å². The van der Waals surface area contributed by atoms with Crippen LogP contribution in [-0.2, 0) is 11.2 Å². The largest absolute Gasteiger partial charge is 0.494 e. The smallest absolute Gasteiger partial charge is 0.342 e. The maximum absolute atomic E-state index is 12.7. The fourth-order valence-electron chi connectivity index (χ4n) is 3.54. The zero-order valence-electron chi connectivity index (χ0n) is 19.1. The summed E-state index contributed by atoms with van der Waals surface area (Å²) in [5, 5.41) is 0. The summed E-state index contributed by atoms with van der Waals surface area (Å²) in [4.78, 5) is 21.7. The Morgan fingerprint density at radius 2 is 1.71 bits per heavy atom. The third kappa shape index (κ3) is 5.48. The maximum Gasteiger partial charge on any atom is 0.342 e. The molecule has 0 bridgehead atoms. The average Bonchev–Trinajstić information content (AvgIpc) is 2.88. The second-order valence-electron chi connectivity index (χ2n) is 7.49. The van der Waals surface area contributed by atoms with Gasteiger partial charge in [-0.3, -0.25) is 4.98 Å². The van der Waals surface area contributed by atoms with Crippen LogP contribution in [0.25, 0.3) is 11.3 Å². The van der Waals surface area contributed by atoms with Crippen molar-refractivity contribution < 1.29 is 14.3 Å². The molecule has 0 spiro atoms. The van der Waals surface area contributed by atoms with Gasteiger partial charge in [-0.25, -0.2) is 9.78 Å². The first-order chi connectivity index (χ1) is 16.7. The molecular formula is C29H24N2O3. The van der Waals surface area contributed by atoms with Gasteiger partial charge < -0.3 is 9.47 Å². The van der Waals surface area contributed by atoms with E-state index in [4.69, 9.17) is 14.5 Å². The maximum atomic E-state index is 12.7. The van der Waals surface area contributed by atoms with E-state index in [0.717, 1.165) is 27.9 Å². The van der Waals surface area contributed by atoms with Crippen LogP contribution in [-0.4, -0.2) is 29.7 Å². The summed E-state index contributed by atoms with van der Waals surface area (Å²) in [6.45, 7) is 2.06. The zero-order valence-corrected chi connectivity index (χ0v) is 19.1. The number of ether oxygens (including phenoxy) is 2. The predicted molar refractivity (Wildman–Crippen MR) is 132 cm³/mol. The first-order valence-corrected chi connectivity index (χ1v) is 11.0. The van der Waals surface area contributed by atoms with Crippen LogP contribution >= 0.6 is 0 Å². The Bertz CT molecular complexity index is 1320. The van der Waals surface area contributed by atoms with E-state index < -0.39 is 5.97 Å². The third-order valence-corrected chi connectivity index (χ3v) is 5.12. The van der Waals surface area contributed by atoms with Gasteiger partial charge in [0, 0.05) is 41.2 Å². The van der Waals surface area contributed by atoms with Crippen LogP contribution in [0.1, 0.15) is 39.7 Å². The molecule has 0 saturated carbocycles. The molecule has 0 aliphatic heterocycles. The number of pyridine rings is 2. The summed E-state index contributed by atoms with van der Waals surface area (Å²) < 4.78 is 10.9.